The molecule has 4 aromatic rings. The van der Waals surface area contributed by atoms with Crippen LogP contribution in [0.5, 0.6) is 5.75 Å². The van der Waals surface area contributed by atoms with Gasteiger partial charge >= 0.3 is 0 Å². The highest BCUT2D eigenvalue weighted by atomic mass is 32.2. The Bertz CT molecular complexity index is 1610. The molecule has 3 heterocycles. The van der Waals surface area contributed by atoms with E-state index >= 15 is 0 Å². The number of aromatic nitrogens is 3. The van der Waals surface area contributed by atoms with Crippen molar-refractivity contribution in [3.05, 3.63) is 77.2 Å². The third-order valence-electron chi connectivity index (χ3n) is 6.89. The normalized spacial score (nSPS) is 15.1. The van der Waals surface area contributed by atoms with Gasteiger partial charge in [0.2, 0.25) is 10.0 Å². The Morgan fingerprint density at radius 3 is 2.45 bits per heavy atom. The van der Waals surface area contributed by atoms with Crippen LogP contribution in [-0.4, -0.2) is 53.4 Å². The van der Waals surface area contributed by atoms with Crippen LogP contribution in [-0.2, 0) is 10.0 Å². The van der Waals surface area contributed by atoms with Crippen molar-refractivity contribution >= 4 is 21.6 Å². The summed E-state index contributed by atoms with van der Waals surface area (Å²) in [6, 6.07) is 16.2. The molecule has 5 rings (SSSR count). The first kappa shape index (κ1) is 25.9. The lowest BCUT2D eigenvalue weighted by atomic mass is 10.0. The molecule has 0 aliphatic carbocycles. The Labute approximate surface area is 222 Å². The van der Waals surface area contributed by atoms with E-state index in [4.69, 9.17) is 9.72 Å². The fourth-order valence-corrected chi connectivity index (χ4v) is 6.64. The number of fused-ring (bicyclic) bond motifs is 1. The lowest BCUT2D eigenvalue weighted by Crippen LogP contribution is -2.28. The molecule has 1 aliphatic heterocycles. The molecule has 1 amide bonds. The summed E-state index contributed by atoms with van der Waals surface area (Å²) >= 11 is 0. The van der Waals surface area contributed by atoms with Crippen LogP contribution in [0.3, 0.4) is 0 Å². The largest absolute Gasteiger partial charge is 0.495 e. The molecule has 0 saturated carbocycles. The van der Waals surface area contributed by atoms with Crippen molar-refractivity contribution in [2.24, 2.45) is 0 Å². The fraction of sp³-hybridized carbons (Fsp3) is 0.321. The molecule has 2 aromatic carbocycles. The molecule has 1 saturated heterocycles. The fourth-order valence-electron chi connectivity index (χ4n) is 4.94. The van der Waals surface area contributed by atoms with Crippen LogP contribution in [0.2, 0.25) is 0 Å². The molecule has 2 aromatic heterocycles. The maximum absolute atomic E-state index is 13.6. The number of hydrogen-bond acceptors (Lipinski definition) is 6. The third-order valence-corrected chi connectivity index (χ3v) is 8.81. The Balaban J connectivity index is 1.67. The first-order valence-corrected chi connectivity index (χ1v) is 14.1. The number of ether oxygens (including phenoxy) is 1. The number of carbonyl (C=O) groups excluding carboxylic acids is 1. The van der Waals surface area contributed by atoms with Crippen LogP contribution in [0.4, 0.5) is 0 Å². The number of aryl methyl sites for hydroxylation is 2. The Morgan fingerprint density at radius 2 is 1.76 bits per heavy atom. The molecule has 1 N–H and O–H groups in total. The predicted molar refractivity (Wildman–Crippen MR) is 145 cm³/mol. The zero-order valence-electron chi connectivity index (χ0n) is 21.9. The molecular formula is C28H31N5O4S. The first-order chi connectivity index (χ1) is 18.2. The third kappa shape index (κ3) is 4.65. The van der Waals surface area contributed by atoms with Gasteiger partial charge in [0, 0.05) is 24.5 Å². The van der Waals surface area contributed by atoms with Gasteiger partial charge in [0.15, 0.2) is 11.3 Å². The van der Waals surface area contributed by atoms with Crippen LogP contribution in [0.15, 0.2) is 59.5 Å². The van der Waals surface area contributed by atoms with Gasteiger partial charge in [-0.15, -0.1) is 0 Å². The van der Waals surface area contributed by atoms with E-state index in [-0.39, 0.29) is 28.3 Å². The van der Waals surface area contributed by atoms with E-state index in [2.05, 4.69) is 10.4 Å². The van der Waals surface area contributed by atoms with Crippen LogP contribution in [0.1, 0.15) is 53.2 Å². The van der Waals surface area contributed by atoms with Crippen LogP contribution >= 0.6 is 0 Å². The summed E-state index contributed by atoms with van der Waals surface area (Å²) in [5.41, 5.74) is 4.17. The molecule has 10 heteroatoms. The van der Waals surface area contributed by atoms with Gasteiger partial charge in [0.05, 0.1) is 18.7 Å². The van der Waals surface area contributed by atoms with Gasteiger partial charge < -0.3 is 10.1 Å². The van der Waals surface area contributed by atoms with Gasteiger partial charge in [-0.2, -0.15) is 9.40 Å². The van der Waals surface area contributed by atoms with E-state index in [1.165, 1.54) is 11.4 Å². The number of sulfonamides is 1. The van der Waals surface area contributed by atoms with Gasteiger partial charge in [-0.05, 0) is 62.9 Å². The summed E-state index contributed by atoms with van der Waals surface area (Å²) in [5, 5.41) is 7.68. The van der Waals surface area contributed by atoms with Crippen molar-refractivity contribution < 1.29 is 17.9 Å². The van der Waals surface area contributed by atoms with Crippen LogP contribution in [0, 0.1) is 13.8 Å². The lowest BCUT2D eigenvalue weighted by molar-refractivity contribution is 0.0935. The minimum absolute atomic E-state index is 0.0622. The van der Waals surface area contributed by atoms with E-state index in [0.29, 0.717) is 29.9 Å². The van der Waals surface area contributed by atoms with Crippen molar-refractivity contribution in [2.75, 3.05) is 20.2 Å². The molecule has 0 unspecified atom stereocenters. The maximum atomic E-state index is 13.6. The monoisotopic (exact) mass is 533 g/mol. The second-order valence-corrected chi connectivity index (χ2v) is 11.5. The van der Waals surface area contributed by atoms with Gasteiger partial charge in [0.1, 0.15) is 10.6 Å². The summed E-state index contributed by atoms with van der Waals surface area (Å²) in [4.78, 5) is 18.4. The molecule has 1 atom stereocenters. The topological polar surface area (TPSA) is 106 Å². The average Bonchev–Trinajstić information content (AvgIpc) is 3.58. The van der Waals surface area contributed by atoms with E-state index in [9.17, 15) is 13.2 Å². The zero-order valence-corrected chi connectivity index (χ0v) is 22.7. The standard InChI is InChI=1S/C28H31N5O4S/c1-18-16-19(2)33-27(29-18)25(26(31-33)28(34)30-20(3)21-10-6-5-7-11-21)22-12-13-23(37-4)24(17-22)38(35,36)32-14-8-9-15-32/h5-7,10-13,16-17,20H,8-9,14-15H2,1-4H3,(H,30,34)/t20-/m1/s1. The highest BCUT2D eigenvalue weighted by Gasteiger charge is 2.32. The number of methoxy groups -OCH3 is 1. The number of rotatable bonds is 7. The quantitative estimate of drug-likeness (QED) is 0.380. The molecular weight excluding hydrogens is 502 g/mol. The number of carbonyl (C=O) groups is 1. The molecule has 38 heavy (non-hydrogen) atoms. The summed E-state index contributed by atoms with van der Waals surface area (Å²) < 4.78 is 35.7. The van der Waals surface area contributed by atoms with E-state index in [1.54, 1.807) is 22.7 Å². The Kier molecular flexibility index (Phi) is 6.93. The van der Waals surface area contributed by atoms with Crippen LogP contribution < -0.4 is 10.1 Å². The van der Waals surface area contributed by atoms with Crippen molar-refractivity contribution in [1.82, 2.24) is 24.2 Å². The Morgan fingerprint density at radius 1 is 1.05 bits per heavy atom. The summed E-state index contributed by atoms with van der Waals surface area (Å²) in [5.74, 6) is -0.125. The van der Waals surface area contributed by atoms with E-state index in [1.807, 2.05) is 57.2 Å². The second kappa shape index (κ2) is 10.2. The average molecular weight is 534 g/mol. The summed E-state index contributed by atoms with van der Waals surface area (Å²) in [6.45, 7) is 6.61. The first-order valence-electron chi connectivity index (χ1n) is 12.6. The lowest BCUT2D eigenvalue weighted by Gasteiger charge is -2.18. The smallest absolute Gasteiger partial charge is 0.273 e. The predicted octanol–water partition coefficient (Wildman–Crippen LogP) is 4.30. The molecule has 0 spiro atoms. The van der Waals surface area contributed by atoms with Gasteiger partial charge in [-0.25, -0.2) is 17.9 Å². The number of benzene rings is 2. The van der Waals surface area contributed by atoms with Gasteiger partial charge in [-0.3, -0.25) is 4.79 Å². The zero-order chi connectivity index (χ0) is 27.0. The molecule has 0 radical (unpaired) electrons. The molecule has 1 aliphatic rings. The number of nitrogens with one attached hydrogen (secondary N) is 1. The number of hydrogen-bond donors (Lipinski definition) is 1. The molecule has 0 bridgehead atoms. The summed E-state index contributed by atoms with van der Waals surface area (Å²) in [6.07, 6.45) is 1.64. The van der Waals surface area contributed by atoms with Crippen molar-refractivity contribution in [3.8, 4) is 16.9 Å². The Hall–Kier alpha value is -3.76. The minimum Gasteiger partial charge on any atom is -0.495 e. The maximum Gasteiger partial charge on any atom is 0.273 e. The SMILES string of the molecule is COc1ccc(-c2c(C(=O)N[C@H](C)c3ccccc3)nn3c(C)cc(C)nc23)cc1S(=O)(=O)N1CCCC1. The van der Waals surface area contributed by atoms with Gasteiger partial charge in [0.25, 0.3) is 5.91 Å². The molecule has 9 nitrogen and oxygen atoms in total. The van der Waals surface area contributed by atoms with Gasteiger partial charge in [-0.1, -0.05) is 36.4 Å². The van der Waals surface area contributed by atoms with E-state index < -0.39 is 10.0 Å². The second-order valence-electron chi connectivity index (χ2n) is 9.58. The van der Waals surface area contributed by atoms with E-state index in [0.717, 1.165) is 29.8 Å². The van der Waals surface area contributed by atoms with Crippen molar-refractivity contribution in [2.45, 2.75) is 44.6 Å². The molecule has 1 fully saturated rings. The van der Waals surface area contributed by atoms with Crippen molar-refractivity contribution in [3.63, 3.8) is 0 Å². The highest BCUT2D eigenvalue weighted by molar-refractivity contribution is 7.89. The number of amides is 1. The summed E-state index contributed by atoms with van der Waals surface area (Å²) in [7, 11) is -2.34. The minimum atomic E-state index is -3.79. The number of nitrogens with zero attached hydrogens (tertiary/aromatic N) is 4. The highest BCUT2D eigenvalue weighted by Crippen LogP contribution is 2.36. The van der Waals surface area contributed by atoms with Crippen molar-refractivity contribution in [1.29, 1.82) is 0 Å². The van der Waals surface area contributed by atoms with Crippen LogP contribution in [0.25, 0.3) is 16.8 Å². The molecule has 198 valence electrons.